The van der Waals surface area contributed by atoms with Crippen molar-refractivity contribution in [3.63, 3.8) is 0 Å². The standard InChI is InChI=1S/C23H23NO9/c1-5-8-32-18-7-6-14(12-19(18)29-2)23(28)33-13-20(25)24-17-10-15(21(26)30-3)9-16(11-17)22(27)31-4/h5-7,9-12H,1,8,13H2,2-4H3,(H,24,25). The van der Waals surface area contributed by atoms with Crippen LogP contribution in [0.2, 0.25) is 0 Å². The molecule has 0 fully saturated rings. The van der Waals surface area contributed by atoms with Gasteiger partial charge < -0.3 is 29.0 Å². The van der Waals surface area contributed by atoms with E-state index in [9.17, 15) is 19.2 Å². The van der Waals surface area contributed by atoms with Crippen LogP contribution in [0.15, 0.2) is 49.1 Å². The van der Waals surface area contributed by atoms with Gasteiger partial charge in [0, 0.05) is 5.69 Å². The molecule has 0 aliphatic heterocycles. The molecule has 0 saturated heterocycles. The number of amides is 1. The zero-order valence-electron chi connectivity index (χ0n) is 18.3. The summed E-state index contributed by atoms with van der Waals surface area (Å²) in [5, 5.41) is 2.46. The number of rotatable bonds is 10. The Kier molecular flexibility index (Phi) is 8.98. The van der Waals surface area contributed by atoms with Gasteiger partial charge >= 0.3 is 17.9 Å². The van der Waals surface area contributed by atoms with Crippen molar-refractivity contribution in [2.24, 2.45) is 0 Å². The topological polar surface area (TPSA) is 126 Å². The van der Waals surface area contributed by atoms with Gasteiger partial charge in [-0.3, -0.25) is 4.79 Å². The van der Waals surface area contributed by atoms with Crippen LogP contribution in [0.4, 0.5) is 5.69 Å². The molecule has 2 rings (SSSR count). The zero-order chi connectivity index (χ0) is 24.4. The first-order chi connectivity index (χ1) is 15.8. The maximum absolute atomic E-state index is 12.3. The predicted octanol–water partition coefficient (Wildman–Crippen LogP) is 2.63. The summed E-state index contributed by atoms with van der Waals surface area (Å²) in [7, 11) is 3.78. The van der Waals surface area contributed by atoms with E-state index in [2.05, 4.69) is 21.4 Å². The van der Waals surface area contributed by atoms with Gasteiger partial charge in [-0.05, 0) is 36.4 Å². The Morgan fingerprint density at radius 3 is 2.03 bits per heavy atom. The van der Waals surface area contributed by atoms with Crippen LogP contribution in [0.5, 0.6) is 11.5 Å². The fraction of sp³-hybridized carbons (Fsp3) is 0.217. The van der Waals surface area contributed by atoms with Gasteiger partial charge in [0.2, 0.25) is 0 Å². The number of carbonyl (C=O) groups is 4. The molecule has 0 spiro atoms. The number of hydrogen-bond acceptors (Lipinski definition) is 9. The number of nitrogens with one attached hydrogen (secondary N) is 1. The van der Waals surface area contributed by atoms with Crippen molar-refractivity contribution in [2.45, 2.75) is 0 Å². The highest BCUT2D eigenvalue weighted by molar-refractivity contribution is 6.00. The lowest BCUT2D eigenvalue weighted by Crippen LogP contribution is -2.21. The number of methoxy groups -OCH3 is 3. The van der Waals surface area contributed by atoms with E-state index in [-0.39, 0.29) is 29.0 Å². The first-order valence-electron chi connectivity index (χ1n) is 9.53. The van der Waals surface area contributed by atoms with Crippen LogP contribution in [-0.4, -0.2) is 58.4 Å². The molecule has 1 N–H and O–H groups in total. The summed E-state index contributed by atoms with van der Waals surface area (Å²) in [6.07, 6.45) is 1.56. The van der Waals surface area contributed by atoms with Gasteiger partial charge in [-0.2, -0.15) is 0 Å². The molecule has 0 aliphatic carbocycles. The summed E-state index contributed by atoms with van der Waals surface area (Å²) >= 11 is 0. The minimum atomic E-state index is -0.766. The fourth-order valence-electron chi connectivity index (χ4n) is 2.65. The summed E-state index contributed by atoms with van der Waals surface area (Å²) in [5.41, 5.74) is 0.313. The molecule has 2 aromatic carbocycles. The van der Waals surface area contributed by atoms with Crippen LogP contribution < -0.4 is 14.8 Å². The summed E-state index contributed by atoms with van der Waals surface area (Å²) in [6, 6.07) is 8.30. The van der Waals surface area contributed by atoms with Gasteiger partial charge in [-0.1, -0.05) is 12.7 Å². The second kappa shape index (κ2) is 11.9. The molecular formula is C23H23NO9. The first-order valence-corrected chi connectivity index (χ1v) is 9.53. The number of esters is 3. The third kappa shape index (κ3) is 6.82. The predicted molar refractivity (Wildman–Crippen MR) is 117 cm³/mol. The quantitative estimate of drug-likeness (QED) is 0.325. The van der Waals surface area contributed by atoms with Crippen LogP contribution in [0.25, 0.3) is 0 Å². The second-order valence-electron chi connectivity index (χ2n) is 6.37. The first kappa shape index (κ1) is 24.9. The van der Waals surface area contributed by atoms with E-state index in [0.717, 1.165) is 0 Å². The van der Waals surface area contributed by atoms with Crippen LogP contribution in [0, 0.1) is 0 Å². The number of hydrogen-bond donors (Lipinski definition) is 1. The molecule has 2 aromatic rings. The number of benzene rings is 2. The maximum Gasteiger partial charge on any atom is 0.338 e. The lowest BCUT2D eigenvalue weighted by atomic mass is 10.1. The summed E-state index contributed by atoms with van der Waals surface area (Å²) < 4.78 is 24.9. The smallest absolute Gasteiger partial charge is 0.338 e. The van der Waals surface area contributed by atoms with E-state index >= 15 is 0 Å². The molecule has 10 nitrogen and oxygen atoms in total. The molecule has 0 unspecified atom stereocenters. The summed E-state index contributed by atoms with van der Waals surface area (Å²) in [5.74, 6) is -2.16. The van der Waals surface area contributed by atoms with Crippen LogP contribution in [-0.2, 0) is 19.0 Å². The molecule has 0 bridgehead atoms. The van der Waals surface area contributed by atoms with Gasteiger partial charge in [0.1, 0.15) is 6.61 Å². The van der Waals surface area contributed by atoms with Crippen molar-refractivity contribution in [2.75, 3.05) is 39.9 Å². The Bertz CT molecular complexity index is 1030. The van der Waals surface area contributed by atoms with E-state index in [4.69, 9.17) is 14.2 Å². The van der Waals surface area contributed by atoms with Gasteiger partial charge in [-0.25, -0.2) is 14.4 Å². The van der Waals surface area contributed by atoms with Gasteiger partial charge in [0.05, 0.1) is 38.0 Å². The average Bonchev–Trinajstić information content (AvgIpc) is 2.84. The highest BCUT2D eigenvalue weighted by atomic mass is 16.5. The van der Waals surface area contributed by atoms with Crippen molar-refractivity contribution < 1.29 is 42.9 Å². The normalized spacial score (nSPS) is 9.91. The van der Waals surface area contributed by atoms with Crippen LogP contribution >= 0.6 is 0 Å². The summed E-state index contributed by atoms with van der Waals surface area (Å²) in [6.45, 7) is 3.20. The number of ether oxygens (including phenoxy) is 5. The molecule has 0 radical (unpaired) electrons. The SMILES string of the molecule is C=CCOc1ccc(C(=O)OCC(=O)Nc2cc(C(=O)OC)cc(C(=O)OC)c2)cc1OC. The minimum absolute atomic E-state index is 0.0264. The fourth-order valence-corrected chi connectivity index (χ4v) is 2.65. The minimum Gasteiger partial charge on any atom is -0.493 e. The van der Waals surface area contributed by atoms with Crippen molar-refractivity contribution in [3.8, 4) is 11.5 Å². The van der Waals surface area contributed by atoms with Gasteiger partial charge in [0.25, 0.3) is 5.91 Å². The molecule has 1 amide bonds. The summed E-state index contributed by atoms with van der Waals surface area (Å²) in [4.78, 5) is 48.3. The largest absolute Gasteiger partial charge is 0.493 e. The molecule has 0 saturated carbocycles. The average molecular weight is 457 g/mol. The molecule has 0 heterocycles. The molecule has 0 aliphatic rings. The molecule has 0 atom stereocenters. The molecule has 174 valence electrons. The molecule has 10 heteroatoms. The van der Waals surface area contributed by atoms with Gasteiger partial charge in [-0.15, -0.1) is 0 Å². The van der Waals surface area contributed by atoms with Crippen molar-refractivity contribution in [1.29, 1.82) is 0 Å². The maximum atomic E-state index is 12.3. The van der Waals surface area contributed by atoms with E-state index < -0.39 is 30.4 Å². The zero-order valence-corrected chi connectivity index (χ0v) is 18.3. The highest BCUT2D eigenvalue weighted by Crippen LogP contribution is 2.28. The van der Waals surface area contributed by atoms with Crippen LogP contribution in [0.3, 0.4) is 0 Å². The third-order valence-electron chi connectivity index (χ3n) is 4.15. The van der Waals surface area contributed by atoms with Crippen molar-refractivity contribution in [3.05, 3.63) is 65.7 Å². The number of carbonyl (C=O) groups excluding carboxylic acids is 4. The second-order valence-corrected chi connectivity index (χ2v) is 6.37. The van der Waals surface area contributed by atoms with Crippen LogP contribution in [0.1, 0.15) is 31.1 Å². The molecular weight excluding hydrogens is 434 g/mol. The molecule has 0 aromatic heterocycles. The van der Waals surface area contributed by atoms with Crippen molar-refractivity contribution in [1.82, 2.24) is 0 Å². The Hall–Kier alpha value is -4.34. The lowest BCUT2D eigenvalue weighted by Gasteiger charge is -2.12. The highest BCUT2D eigenvalue weighted by Gasteiger charge is 2.17. The monoisotopic (exact) mass is 457 g/mol. The third-order valence-corrected chi connectivity index (χ3v) is 4.15. The lowest BCUT2D eigenvalue weighted by molar-refractivity contribution is -0.119. The van der Waals surface area contributed by atoms with E-state index in [1.807, 2.05) is 0 Å². The Morgan fingerprint density at radius 2 is 1.48 bits per heavy atom. The molecule has 33 heavy (non-hydrogen) atoms. The van der Waals surface area contributed by atoms with Crippen molar-refractivity contribution >= 4 is 29.5 Å². The Balaban J connectivity index is 2.08. The van der Waals surface area contributed by atoms with E-state index in [1.54, 1.807) is 6.08 Å². The Morgan fingerprint density at radius 1 is 0.848 bits per heavy atom. The Labute approximate surface area is 190 Å². The van der Waals surface area contributed by atoms with E-state index in [0.29, 0.717) is 11.5 Å². The van der Waals surface area contributed by atoms with Gasteiger partial charge in [0.15, 0.2) is 18.1 Å². The number of anilines is 1. The van der Waals surface area contributed by atoms with E-state index in [1.165, 1.54) is 57.7 Å².